The number of likely N-dealkylation sites (N-methyl/N-ethyl adjacent to an activating group) is 1. The van der Waals surface area contributed by atoms with Crippen molar-refractivity contribution in [2.24, 2.45) is 11.8 Å². The minimum atomic E-state index is 0.591. The molecule has 0 spiro atoms. The molecule has 0 bridgehead atoms. The highest BCUT2D eigenvalue weighted by Gasteiger charge is 2.12. The largest absolute Gasteiger partial charge is 0.314 e. The second kappa shape index (κ2) is 9.76. The Morgan fingerprint density at radius 2 is 1.50 bits per heavy atom. The third-order valence-electron chi connectivity index (χ3n) is 2.93. The van der Waals surface area contributed by atoms with Crippen LogP contribution in [0.4, 0.5) is 0 Å². The van der Waals surface area contributed by atoms with Crippen LogP contribution in [-0.2, 0) is 0 Å². The summed E-state index contributed by atoms with van der Waals surface area (Å²) in [7, 11) is 4.30. The van der Waals surface area contributed by atoms with Gasteiger partial charge in [-0.05, 0) is 32.5 Å². The molecule has 0 aromatic heterocycles. The molecule has 0 amide bonds. The summed E-state index contributed by atoms with van der Waals surface area (Å²) < 4.78 is 0. The average molecular weight is 257 g/mol. The highest BCUT2D eigenvalue weighted by atomic mass is 15.2. The molecule has 0 fully saturated rings. The summed E-state index contributed by atoms with van der Waals surface area (Å²) in [6.07, 6.45) is 0. The first kappa shape index (κ1) is 17.9. The third kappa shape index (κ3) is 11.0. The van der Waals surface area contributed by atoms with Gasteiger partial charge in [0.25, 0.3) is 0 Å². The molecule has 0 rings (SSSR count). The van der Waals surface area contributed by atoms with Gasteiger partial charge in [-0.1, -0.05) is 34.6 Å². The number of rotatable bonds is 10. The predicted octanol–water partition coefficient (Wildman–Crippen LogP) is 2.14. The van der Waals surface area contributed by atoms with E-state index in [2.05, 4.69) is 63.8 Å². The minimum Gasteiger partial charge on any atom is -0.314 e. The number of hydrogen-bond donors (Lipinski definition) is 1. The van der Waals surface area contributed by atoms with Gasteiger partial charge in [-0.25, -0.2) is 0 Å². The predicted molar refractivity (Wildman–Crippen MR) is 82.1 cm³/mol. The lowest BCUT2D eigenvalue weighted by Gasteiger charge is -2.29. The molecule has 1 N–H and O–H groups in total. The van der Waals surface area contributed by atoms with Crippen molar-refractivity contribution in [1.29, 1.82) is 0 Å². The quantitative estimate of drug-likeness (QED) is 0.647. The second-order valence-electron chi connectivity index (χ2n) is 6.62. The van der Waals surface area contributed by atoms with E-state index in [4.69, 9.17) is 0 Å². The van der Waals surface area contributed by atoms with Gasteiger partial charge in [0.2, 0.25) is 0 Å². The van der Waals surface area contributed by atoms with Gasteiger partial charge in [0, 0.05) is 32.2 Å². The summed E-state index contributed by atoms with van der Waals surface area (Å²) in [5, 5.41) is 3.53. The summed E-state index contributed by atoms with van der Waals surface area (Å²) >= 11 is 0. The normalized spacial score (nSPS) is 14.2. The van der Waals surface area contributed by atoms with E-state index in [1.165, 1.54) is 19.6 Å². The Morgan fingerprint density at radius 1 is 0.889 bits per heavy atom. The number of nitrogens with one attached hydrogen (secondary N) is 1. The van der Waals surface area contributed by atoms with Crippen LogP contribution in [0.25, 0.3) is 0 Å². The molecule has 0 saturated heterocycles. The van der Waals surface area contributed by atoms with Crippen LogP contribution >= 0.6 is 0 Å². The second-order valence-corrected chi connectivity index (χ2v) is 6.62. The van der Waals surface area contributed by atoms with Gasteiger partial charge in [0.05, 0.1) is 0 Å². The molecule has 3 heteroatoms. The molecule has 18 heavy (non-hydrogen) atoms. The van der Waals surface area contributed by atoms with Gasteiger partial charge >= 0.3 is 0 Å². The summed E-state index contributed by atoms with van der Waals surface area (Å²) in [6.45, 7) is 17.2. The third-order valence-corrected chi connectivity index (χ3v) is 2.93. The minimum absolute atomic E-state index is 0.591. The molecule has 0 aliphatic rings. The van der Waals surface area contributed by atoms with E-state index in [-0.39, 0.29) is 0 Å². The van der Waals surface area contributed by atoms with E-state index in [0.717, 1.165) is 19.0 Å². The zero-order valence-corrected chi connectivity index (χ0v) is 13.7. The van der Waals surface area contributed by atoms with Crippen LogP contribution < -0.4 is 5.32 Å². The first-order chi connectivity index (χ1) is 8.31. The van der Waals surface area contributed by atoms with Crippen molar-refractivity contribution < 1.29 is 0 Å². The standard InChI is InChI=1S/C15H35N3/c1-13(2)11-18(9-8-17(6)7)12-15(5)10-16-14(3)4/h13-16H,8-12H2,1-7H3. The highest BCUT2D eigenvalue weighted by molar-refractivity contribution is 4.68. The molecule has 0 aliphatic carbocycles. The van der Waals surface area contributed by atoms with Gasteiger partial charge in [-0.3, -0.25) is 0 Å². The van der Waals surface area contributed by atoms with Crippen molar-refractivity contribution in [3.05, 3.63) is 0 Å². The van der Waals surface area contributed by atoms with Crippen LogP contribution in [-0.4, -0.2) is 62.7 Å². The summed E-state index contributed by atoms with van der Waals surface area (Å²) in [5.74, 6) is 1.46. The maximum Gasteiger partial charge on any atom is 0.0109 e. The molecule has 0 aliphatic heterocycles. The Morgan fingerprint density at radius 3 is 1.94 bits per heavy atom. The van der Waals surface area contributed by atoms with Crippen LogP contribution in [0, 0.1) is 11.8 Å². The van der Waals surface area contributed by atoms with Crippen LogP contribution in [0.3, 0.4) is 0 Å². The highest BCUT2D eigenvalue weighted by Crippen LogP contribution is 2.04. The average Bonchev–Trinajstić information content (AvgIpc) is 2.22. The van der Waals surface area contributed by atoms with E-state index in [1.807, 2.05) is 0 Å². The van der Waals surface area contributed by atoms with E-state index in [9.17, 15) is 0 Å². The van der Waals surface area contributed by atoms with Gasteiger partial charge in [-0.15, -0.1) is 0 Å². The van der Waals surface area contributed by atoms with Crippen molar-refractivity contribution in [3.8, 4) is 0 Å². The van der Waals surface area contributed by atoms with E-state index in [0.29, 0.717) is 12.0 Å². The molecular weight excluding hydrogens is 222 g/mol. The van der Waals surface area contributed by atoms with Crippen LogP contribution in [0.5, 0.6) is 0 Å². The van der Waals surface area contributed by atoms with E-state index >= 15 is 0 Å². The number of hydrogen-bond acceptors (Lipinski definition) is 3. The van der Waals surface area contributed by atoms with Crippen molar-refractivity contribution in [3.63, 3.8) is 0 Å². The summed E-state index contributed by atoms with van der Waals surface area (Å²) in [4.78, 5) is 4.88. The lowest BCUT2D eigenvalue weighted by Crippen LogP contribution is -2.40. The summed E-state index contributed by atoms with van der Waals surface area (Å²) in [5.41, 5.74) is 0. The van der Waals surface area contributed by atoms with Crippen LogP contribution in [0.2, 0.25) is 0 Å². The van der Waals surface area contributed by atoms with Gasteiger partial charge in [0.15, 0.2) is 0 Å². The molecular formula is C15H35N3. The van der Waals surface area contributed by atoms with Crippen molar-refractivity contribution >= 4 is 0 Å². The Labute approximate surface area is 115 Å². The lowest BCUT2D eigenvalue weighted by atomic mass is 10.1. The molecule has 0 aromatic rings. The lowest BCUT2D eigenvalue weighted by molar-refractivity contribution is 0.192. The molecule has 1 unspecified atom stereocenters. The Balaban J connectivity index is 4.04. The van der Waals surface area contributed by atoms with E-state index < -0.39 is 0 Å². The Kier molecular flexibility index (Phi) is 9.70. The molecule has 3 nitrogen and oxygen atoms in total. The van der Waals surface area contributed by atoms with Gasteiger partial charge < -0.3 is 15.1 Å². The van der Waals surface area contributed by atoms with Crippen molar-refractivity contribution in [1.82, 2.24) is 15.1 Å². The maximum atomic E-state index is 3.53. The Bertz CT molecular complexity index is 190. The molecule has 0 heterocycles. The van der Waals surface area contributed by atoms with Crippen LogP contribution in [0.1, 0.15) is 34.6 Å². The first-order valence-electron chi connectivity index (χ1n) is 7.41. The SMILES string of the molecule is CC(C)CN(CCN(C)C)CC(C)CNC(C)C. The molecule has 1 atom stereocenters. The van der Waals surface area contributed by atoms with Crippen LogP contribution in [0.15, 0.2) is 0 Å². The van der Waals surface area contributed by atoms with Crippen molar-refractivity contribution in [2.75, 3.05) is 46.8 Å². The van der Waals surface area contributed by atoms with Crippen molar-refractivity contribution in [2.45, 2.75) is 40.7 Å². The fraction of sp³-hybridized carbons (Fsp3) is 1.00. The van der Waals surface area contributed by atoms with E-state index in [1.54, 1.807) is 0 Å². The monoisotopic (exact) mass is 257 g/mol. The fourth-order valence-electron chi connectivity index (χ4n) is 2.06. The van der Waals surface area contributed by atoms with Gasteiger partial charge in [0.1, 0.15) is 0 Å². The molecule has 0 aromatic carbocycles. The summed E-state index contributed by atoms with van der Waals surface area (Å²) in [6, 6.07) is 0.591. The molecule has 0 radical (unpaired) electrons. The molecule has 110 valence electrons. The van der Waals surface area contributed by atoms with Gasteiger partial charge in [-0.2, -0.15) is 0 Å². The maximum absolute atomic E-state index is 3.53. The molecule has 0 saturated carbocycles. The topological polar surface area (TPSA) is 18.5 Å². The zero-order valence-electron chi connectivity index (χ0n) is 13.7. The smallest absolute Gasteiger partial charge is 0.0109 e. The first-order valence-corrected chi connectivity index (χ1v) is 7.41. The fourth-order valence-corrected chi connectivity index (χ4v) is 2.06. The zero-order chi connectivity index (χ0) is 14.1. The Hall–Kier alpha value is -0.120. The number of nitrogens with zero attached hydrogens (tertiary/aromatic N) is 2.